The molecule has 0 aliphatic rings. The van der Waals surface area contributed by atoms with E-state index in [4.69, 9.17) is 4.74 Å². The maximum Gasteiger partial charge on any atom is 0.234 e. The van der Waals surface area contributed by atoms with Crippen molar-refractivity contribution >= 4 is 23.4 Å². The van der Waals surface area contributed by atoms with E-state index in [2.05, 4.69) is 47.6 Å². The Kier molecular flexibility index (Phi) is 6.31. The number of benzene rings is 2. The summed E-state index contributed by atoms with van der Waals surface area (Å²) in [6.45, 7) is 6.10. The second-order valence-corrected chi connectivity index (χ2v) is 7.61. The van der Waals surface area contributed by atoms with E-state index >= 15 is 0 Å². The molecule has 0 atom stereocenters. The number of methoxy groups -OCH3 is 1. The summed E-state index contributed by atoms with van der Waals surface area (Å²) in [6, 6.07) is 15.8. The lowest BCUT2D eigenvalue weighted by atomic mass is 10.0. The third kappa shape index (κ3) is 4.89. The lowest BCUT2D eigenvalue weighted by molar-refractivity contribution is -0.113. The van der Waals surface area contributed by atoms with Gasteiger partial charge in [0.15, 0.2) is 0 Å². The fourth-order valence-corrected chi connectivity index (χ4v) is 3.50. The summed E-state index contributed by atoms with van der Waals surface area (Å²) < 4.78 is 5.29. The number of carbonyl (C=O) groups is 1. The normalized spacial score (nSPS) is 10.6. The van der Waals surface area contributed by atoms with Crippen molar-refractivity contribution < 1.29 is 9.53 Å². The molecule has 0 spiro atoms. The minimum absolute atomic E-state index is 0.117. The highest BCUT2D eigenvalue weighted by Gasteiger charge is 2.10. The highest BCUT2D eigenvalue weighted by molar-refractivity contribution is 7.99. The molecule has 0 bridgehead atoms. The summed E-state index contributed by atoms with van der Waals surface area (Å²) in [6.07, 6.45) is 0. The van der Waals surface area contributed by atoms with Gasteiger partial charge in [-0.05, 0) is 56.2 Å². The number of hydrogen-bond donors (Lipinski definition) is 1. The Morgan fingerprint density at radius 1 is 1.00 bits per heavy atom. The van der Waals surface area contributed by atoms with Crippen molar-refractivity contribution in [3.8, 4) is 17.0 Å². The third-order valence-electron chi connectivity index (χ3n) is 4.28. The van der Waals surface area contributed by atoms with Crippen molar-refractivity contribution in [1.29, 1.82) is 0 Å². The molecule has 0 aliphatic carbocycles. The van der Waals surface area contributed by atoms with Gasteiger partial charge in [0, 0.05) is 5.56 Å². The minimum Gasteiger partial charge on any atom is -0.495 e. The van der Waals surface area contributed by atoms with Gasteiger partial charge in [-0.2, -0.15) is 0 Å². The first-order chi connectivity index (χ1) is 13.5. The molecule has 3 aromatic rings. The number of aromatic nitrogens is 2. The van der Waals surface area contributed by atoms with Gasteiger partial charge in [-0.3, -0.25) is 4.79 Å². The number of amides is 1. The van der Waals surface area contributed by atoms with Crippen LogP contribution in [0.15, 0.2) is 53.6 Å². The number of nitrogens with one attached hydrogen (secondary N) is 1. The fourth-order valence-electron chi connectivity index (χ4n) is 2.89. The highest BCUT2D eigenvalue weighted by Crippen LogP contribution is 2.26. The van der Waals surface area contributed by atoms with Crippen LogP contribution in [0.2, 0.25) is 0 Å². The molecule has 5 nitrogen and oxygen atoms in total. The van der Waals surface area contributed by atoms with E-state index < -0.39 is 0 Å². The first-order valence-electron chi connectivity index (χ1n) is 8.95. The molecule has 0 fully saturated rings. The zero-order chi connectivity index (χ0) is 20.1. The quantitative estimate of drug-likeness (QED) is 0.609. The number of rotatable bonds is 6. The van der Waals surface area contributed by atoms with Crippen molar-refractivity contribution in [3.05, 3.63) is 65.2 Å². The molecule has 1 aromatic heterocycles. The van der Waals surface area contributed by atoms with E-state index in [-0.39, 0.29) is 11.7 Å². The first kappa shape index (κ1) is 19.9. The molecular weight excluding hydrogens is 370 g/mol. The number of anilines is 1. The molecule has 28 heavy (non-hydrogen) atoms. The zero-order valence-electron chi connectivity index (χ0n) is 16.4. The summed E-state index contributed by atoms with van der Waals surface area (Å²) >= 11 is 1.35. The van der Waals surface area contributed by atoms with Gasteiger partial charge < -0.3 is 10.1 Å². The third-order valence-corrected chi connectivity index (χ3v) is 5.20. The monoisotopic (exact) mass is 393 g/mol. The van der Waals surface area contributed by atoms with Crippen molar-refractivity contribution in [2.24, 2.45) is 0 Å². The van der Waals surface area contributed by atoms with Gasteiger partial charge in [-0.25, -0.2) is 0 Å². The Hall–Kier alpha value is -2.86. The van der Waals surface area contributed by atoms with E-state index in [9.17, 15) is 4.79 Å². The lowest BCUT2D eigenvalue weighted by Gasteiger charge is -2.11. The molecule has 1 heterocycles. The summed E-state index contributed by atoms with van der Waals surface area (Å²) in [4.78, 5) is 12.3. The summed E-state index contributed by atoms with van der Waals surface area (Å²) in [5, 5.41) is 12.2. The van der Waals surface area contributed by atoms with Gasteiger partial charge in [-0.15, -0.1) is 10.2 Å². The Bertz CT molecular complexity index is 988. The van der Waals surface area contributed by atoms with E-state index in [0.717, 1.165) is 16.8 Å². The summed E-state index contributed by atoms with van der Waals surface area (Å²) in [7, 11) is 1.59. The fraction of sp³-hybridized carbons (Fsp3) is 0.227. The van der Waals surface area contributed by atoms with Gasteiger partial charge in [0.1, 0.15) is 10.8 Å². The van der Waals surface area contributed by atoms with Crippen LogP contribution in [-0.4, -0.2) is 29.0 Å². The molecule has 2 aromatic carbocycles. The Morgan fingerprint density at radius 3 is 2.43 bits per heavy atom. The molecule has 0 saturated carbocycles. The molecule has 144 valence electrons. The summed E-state index contributed by atoms with van der Waals surface area (Å²) in [5.74, 6) is 0.769. The smallest absolute Gasteiger partial charge is 0.234 e. The van der Waals surface area contributed by atoms with Crippen LogP contribution >= 0.6 is 11.8 Å². The number of thioether (sulfide) groups is 1. The van der Waals surface area contributed by atoms with Crippen LogP contribution in [0.25, 0.3) is 11.3 Å². The van der Waals surface area contributed by atoms with Crippen LogP contribution < -0.4 is 10.1 Å². The van der Waals surface area contributed by atoms with E-state index in [0.29, 0.717) is 16.5 Å². The number of aryl methyl sites for hydroxylation is 3. The van der Waals surface area contributed by atoms with Gasteiger partial charge in [-0.1, -0.05) is 41.6 Å². The second-order valence-electron chi connectivity index (χ2n) is 6.62. The minimum atomic E-state index is -0.117. The number of ether oxygens (including phenoxy) is 1. The Balaban J connectivity index is 1.62. The molecule has 6 heteroatoms. The van der Waals surface area contributed by atoms with E-state index in [1.54, 1.807) is 7.11 Å². The topological polar surface area (TPSA) is 64.1 Å². The van der Waals surface area contributed by atoms with Crippen LogP contribution in [0.4, 0.5) is 5.69 Å². The first-order valence-corrected chi connectivity index (χ1v) is 9.93. The van der Waals surface area contributed by atoms with Gasteiger partial charge in [0.05, 0.1) is 24.2 Å². The van der Waals surface area contributed by atoms with Gasteiger partial charge in [0.2, 0.25) is 5.91 Å². The molecular formula is C22H23N3O2S. The van der Waals surface area contributed by atoms with Crippen LogP contribution in [0.5, 0.6) is 5.75 Å². The number of nitrogens with zero attached hydrogens (tertiary/aromatic N) is 2. The van der Waals surface area contributed by atoms with Crippen LogP contribution in [0.3, 0.4) is 0 Å². The number of hydrogen-bond acceptors (Lipinski definition) is 5. The summed E-state index contributed by atoms with van der Waals surface area (Å²) in [5.41, 5.74) is 6.01. The van der Waals surface area contributed by atoms with Gasteiger partial charge >= 0.3 is 0 Å². The highest BCUT2D eigenvalue weighted by atomic mass is 32.2. The van der Waals surface area contributed by atoms with Gasteiger partial charge in [0.25, 0.3) is 0 Å². The van der Waals surface area contributed by atoms with Crippen LogP contribution in [0, 0.1) is 20.8 Å². The predicted molar refractivity (Wildman–Crippen MR) is 114 cm³/mol. The molecule has 3 rings (SSSR count). The zero-order valence-corrected chi connectivity index (χ0v) is 17.3. The number of carbonyl (C=O) groups excluding carboxylic acids is 1. The van der Waals surface area contributed by atoms with Crippen LogP contribution in [-0.2, 0) is 4.79 Å². The maximum atomic E-state index is 12.3. The van der Waals surface area contributed by atoms with Crippen molar-refractivity contribution in [2.75, 3.05) is 18.2 Å². The molecule has 1 N–H and O–H groups in total. The van der Waals surface area contributed by atoms with Crippen LogP contribution in [0.1, 0.15) is 16.7 Å². The predicted octanol–water partition coefficient (Wildman–Crippen LogP) is 4.81. The maximum absolute atomic E-state index is 12.3. The molecule has 0 saturated heterocycles. The SMILES string of the molecule is COc1ccc(C)cc1NC(=O)CSc1ccc(-c2ccc(C)cc2C)nn1. The standard InChI is InChI=1S/C22H23N3O2S/c1-14-5-7-17(16(3)11-14)18-8-10-22(25-24-18)28-13-21(26)23-19-12-15(2)6-9-20(19)27-4/h5-12H,13H2,1-4H3,(H,23,26). The molecule has 0 unspecified atom stereocenters. The van der Waals surface area contributed by atoms with E-state index in [1.165, 1.54) is 22.9 Å². The molecule has 1 amide bonds. The lowest BCUT2D eigenvalue weighted by Crippen LogP contribution is -2.15. The molecule has 0 aliphatic heterocycles. The van der Waals surface area contributed by atoms with Crippen molar-refractivity contribution in [2.45, 2.75) is 25.8 Å². The Labute approximate surface area is 169 Å². The van der Waals surface area contributed by atoms with Crippen molar-refractivity contribution in [3.63, 3.8) is 0 Å². The molecule has 0 radical (unpaired) electrons. The average Bonchev–Trinajstić information content (AvgIpc) is 2.67. The Morgan fingerprint density at radius 2 is 1.75 bits per heavy atom. The van der Waals surface area contributed by atoms with E-state index in [1.807, 2.05) is 37.3 Å². The average molecular weight is 394 g/mol. The largest absolute Gasteiger partial charge is 0.495 e. The van der Waals surface area contributed by atoms with Crippen molar-refractivity contribution in [1.82, 2.24) is 10.2 Å². The second kappa shape index (κ2) is 8.89.